The molecule has 1 heterocycles. The van der Waals surface area contributed by atoms with Crippen LogP contribution < -0.4 is 5.73 Å². The summed E-state index contributed by atoms with van der Waals surface area (Å²) < 4.78 is 38.4. The lowest BCUT2D eigenvalue weighted by molar-refractivity contribution is -0.137. The van der Waals surface area contributed by atoms with Crippen LogP contribution in [0.4, 0.5) is 13.2 Å². The van der Waals surface area contributed by atoms with E-state index in [1.165, 1.54) is 6.20 Å². The van der Waals surface area contributed by atoms with Crippen LogP contribution in [0.15, 0.2) is 24.5 Å². The number of hydrogen-bond donors (Lipinski definition) is 1. The van der Waals surface area contributed by atoms with Gasteiger partial charge in [0.25, 0.3) is 0 Å². The van der Waals surface area contributed by atoms with Crippen LogP contribution in [-0.2, 0) is 6.18 Å². The number of pyridine rings is 1. The van der Waals surface area contributed by atoms with E-state index in [9.17, 15) is 13.2 Å². The second-order valence-corrected chi connectivity index (χ2v) is 4.17. The minimum Gasteiger partial charge on any atom is -0.324 e. The van der Waals surface area contributed by atoms with Gasteiger partial charge in [0.1, 0.15) is 0 Å². The Kier molecular flexibility index (Phi) is 3.19. The zero-order valence-corrected chi connectivity index (χ0v) is 9.17. The average Bonchev–Trinajstić information content (AvgIpc) is 2.28. The van der Waals surface area contributed by atoms with Crippen molar-refractivity contribution in [1.82, 2.24) is 4.98 Å². The minimum atomic E-state index is -4.35. The van der Waals surface area contributed by atoms with Gasteiger partial charge in [-0.2, -0.15) is 13.2 Å². The molecule has 1 aliphatic rings. The Morgan fingerprint density at radius 1 is 1.35 bits per heavy atom. The first-order valence-corrected chi connectivity index (χ1v) is 5.46. The van der Waals surface area contributed by atoms with E-state index >= 15 is 0 Å². The standard InChI is InChI=1S/C12H13F3N2/c13-12(14,15)11-4-5-17-7-10(11)8-2-1-3-9(16)6-8/h4-7,9H,1-3,16H2. The SMILES string of the molecule is NC1C=C(c2cnccc2C(F)(F)F)CCC1. The zero-order valence-electron chi connectivity index (χ0n) is 9.17. The summed E-state index contributed by atoms with van der Waals surface area (Å²) in [4.78, 5) is 3.78. The lowest BCUT2D eigenvalue weighted by Gasteiger charge is -2.20. The molecule has 0 radical (unpaired) electrons. The largest absolute Gasteiger partial charge is 0.417 e. The summed E-state index contributed by atoms with van der Waals surface area (Å²) in [6.07, 6.45) is 2.07. The molecule has 2 nitrogen and oxygen atoms in total. The normalized spacial score (nSPS) is 21.2. The molecule has 1 aromatic heterocycles. The van der Waals surface area contributed by atoms with Crippen molar-refractivity contribution in [3.05, 3.63) is 35.7 Å². The van der Waals surface area contributed by atoms with E-state index in [0.29, 0.717) is 12.0 Å². The van der Waals surface area contributed by atoms with Crippen molar-refractivity contribution in [3.63, 3.8) is 0 Å². The molecule has 0 saturated heterocycles. The quantitative estimate of drug-likeness (QED) is 0.822. The van der Waals surface area contributed by atoms with E-state index in [1.807, 2.05) is 0 Å². The number of alkyl halides is 3. The molecule has 1 aromatic rings. The van der Waals surface area contributed by atoms with Crippen molar-refractivity contribution in [2.45, 2.75) is 31.5 Å². The second-order valence-electron chi connectivity index (χ2n) is 4.17. The van der Waals surface area contributed by atoms with Gasteiger partial charge < -0.3 is 5.73 Å². The molecule has 0 spiro atoms. The van der Waals surface area contributed by atoms with Gasteiger partial charge in [-0.3, -0.25) is 4.98 Å². The van der Waals surface area contributed by atoms with E-state index < -0.39 is 11.7 Å². The third kappa shape index (κ3) is 2.66. The van der Waals surface area contributed by atoms with Gasteiger partial charge in [0.15, 0.2) is 0 Å². The number of nitrogens with two attached hydrogens (primary N) is 1. The van der Waals surface area contributed by atoms with Crippen molar-refractivity contribution < 1.29 is 13.2 Å². The molecule has 17 heavy (non-hydrogen) atoms. The summed E-state index contributed by atoms with van der Waals surface area (Å²) >= 11 is 0. The van der Waals surface area contributed by atoms with Gasteiger partial charge in [-0.25, -0.2) is 0 Å². The maximum Gasteiger partial charge on any atom is 0.417 e. The van der Waals surface area contributed by atoms with Gasteiger partial charge in [0, 0.05) is 24.0 Å². The molecule has 0 bridgehead atoms. The number of aromatic nitrogens is 1. The fraction of sp³-hybridized carbons (Fsp3) is 0.417. The third-order valence-corrected chi connectivity index (χ3v) is 2.87. The summed E-state index contributed by atoms with van der Waals surface area (Å²) in [6, 6.07) is 0.857. The van der Waals surface area contributed by atoms with Crippen LogP contribution in [0.25, 0.3) is 5.57 Å². The molecule has 1 unspecified atom stereocenters. The van der Waals surface area contributed by atoms with Crippen molar-refractivity contribution >= 4 is 5.57 Å². The lowest BCUT2D eigenvalue weighted by Crippen LogP contribution is -2.21. The van der Waals surface area contributed by atoms with E-state index in [4.69, 9.17) is 5.73 Å². The number of nitrogens with zero attached hydrogens (tertiary/aromatic N) is 1. The van der Waals surface area contributed by atoms with Crippen LogP contribution in [0.2, 0.25) is 0 Å². The maximum absolute atomic E-state index is 12.8. The van der Waals surface area contributed by atoms with Gasteiger partial charge in [0.05, 0.1) is 5.56 Å². The fourth-order valence-corrected chi connectivity index (χ4v) is 2.08. The summed E-state index contributed by atoms with van der Waals surface area (Å²) in [5, 5.41) is 0. The van der Waals surface area contributed by atoms with E-state index in [0.717, 1.165) is 25.1 Å². The smallest absolute Gasteiger partial charge is 0.324 e. The van der Waals surface area contributed by atoms with E-state index in [-0.39, 0.29) is 11.6 Å². The number of hydrogen-bond acceptors (Lipinski definition) is 2. The van der Waals surface area contributed by atoms with Gasteiger partial charge in [-0.05, 0) is 30.9 Å². The van der Waals surface area contributed by atoms with Gasteiger partial charge in [-0.15, -0.1) is 0 Å². The Bertz CT molecular complexity index is 438. The number of halogens is 3. The molecule has 92 valence electrons. The Morgan fingerprint density at radius 3 is 2.76 bits per heavy atom. The number of rotatable bonds is 1. The minimum absolute atomic E-state index is 0.153. The molecule has 0 amide bonds. The molecule has 0 aliphatic heterocycles. The van der Waals surface area contributed by atoms with E-state index in [2.05, 4.69) is 4.98 Å². The highest BCUT2D eigenvalue weighted by Gasteiger charge is 2.34. The van der Waals surface area contributed by atoms with Gasteiger partial charge >= 0.3 is 6.18 Å². The van der Waals surface area contributed by atoms with Crippen LogP contribution in [-0.4, -0.2) is 11.0 Å². The molecule has 2 rings (SSSR count). The van der Waals surface area contributed by atoms with Gasteiger partial charge in [0.2, 0.25) is 0 Å². The highest BCUT2D eigenvalue weighted by atomic mass is 19.4. The first-order valence-electron chi connectivity index (χ1n) is 5.46. The molecule has 2 N–H and O–H groups in total. The molecule has 5 heteroatoms. The summed E-state index contributed by atoms with van der Waals surface area (Å²) in [6.45, 7) is 0. The summed E-state index contributed by atoms with van der Waals surface area (Å²) in [7, 11) is 0. The lowest BCUT2D eigenvalue weighted by atomic mass is 9.90. The van der Waals surface area contributed by atoms with Crippen molar-refractivity contribution in [2.75, 3.05) is 0 Å². The van der Waals surface area contributed by atoms with Crippen LogP contribution in [0.1, 0.15) is 30.4 Å². The molecule has 1 aliphatic carbocycles. The molecule has 0 saturated carbocycles. The zero-order chi connectivity index (χ0) is 12.5. The van der Waals surface area contributed by atoms with Crippen LogP contribution >= 0.6 is 0 Å². The molecular weight excluding hydrogens is 229 g/mol. The predicted molar refractivity (Wildman–Crippen MR) is 59.0 cm³/mol. The van der Waals surface area contributed by atoms with Crippen LogP contribution in [0, 0.1) is 0 Å². The summed E-state index contributed by atoms with van der Waals surface area (Å²) in [5.74, 6) is 0. The maximum atomic E-state index is 12.8. The van der Waals surface area contributed by atoms with Crippen molar-refractivity contribution in [1.29, 1.82) is 0 Å². The topological polar surface area (TPSA) is 38.9 Å². The molecule has 1 atom stereocenters. The van der Waals surface area contributed by atoms with E-state index in [1.54, 1.807) is 6.08 Å². The highest BCUT2D eigenvalue weighted by molar-refractivity contribution is 5.69. The number of allylic oxidation sites excluding steroid dienone is 1. The first-order chi connectivity index (χ1) is 7.98. The Morgan fingerprint density at radius 2 is 2.12 bits per heavy atom. The van der Waals surface area contributed by atoms with Crippen LogP contribution in [0.5, 0.6) is 0 Å². The Labute approximate surface area is 97.3 Å². The van der Waals surface area contributed by atoms with Crippen LogP contribution in [0.3, 0.4) is 0 Å². The monoisotopic (exact) mass is 242 g/mol. The van der Waals surface area contributed by atoms with Crippen molar-refractivity contribution in [3.8, 4) is 0 Å². The highest BCUT2D eigenvalue weighted by Crippen LogP contribution is 2.37. The fourth-order valence-electron chi connectivity index (χ4n) is 2.08. The van der Waals surface area contributed by atoms with Gasteiger partial charge in [-0.1, -0.05) is 6.08 Å². The summed E-state index contributed by atoms with van der Waals surface area (Å²) in [5.41, 5.74) is 5.93. The first kappa shape index (κ1) is 12.1. The molecular formula is C12H13F3N2. The second kappa shape index (κ2) is 4.49. The predicted octanol–water partition coefficient (Wildman–Crippen LogP) is 3.00. The third-order valence-electron chi connectivity index (χ3n) is 2.87. The Hall–Kier alpha value is -1.36. The van der Waals surface area contributed by atoms with Crippen molar-refractivity contribution in [2.24, 2.45) is 5.73 Å². The molecule has 0 aromatic carbocycles. The Balaban J connectivity index is 2.45. The molecule has 0 fully saturated rings. The average molecular weight is 242 g/mol.